The van der Waals surface area contributed by atoms with E-state index in [-0.39, 0.29) is 50.9 Å². The van der Waals surface area contributed by atoms with Crippen LogP contribution in [-0.2, 0) is 35.9 Å². The molecule has 0 spiro atoms. The number of aliphatic hydroxyl groups is 2. The summed E-state index contributed by atoms with van der Waals surface area (Å²) in [7, 11) is 0. The average Bonchev–Trinajstić information content (AvgIpc) is 2.83. The number of aromatic hydroxyl groups is 2. The fourth-order valence-electron chi connectivity index (χ4n) is 4.20. The van der Waals surface area contributed by atoms with Gasteiger partial charge in [0.05, 0.1) is 13.2 Å². The molecule has 0 radical (unpaired) electrons. The van der Waals surface area contributed by atoms with Crippen LogP contribution < -0.4 is 9.80 Å². The lowest BCUT2D eigenvalue weighted by Gasteiger charge is -2.29. The second-order valence-electron chi connectivity index (χ2n) is 8.77. The van der Waals surface area contributed by atoms with Crippen LogP contribution in [0.25, 0.3) is 0 Å². The van der Waals surface area contributed by atoms with Gasteiger partial charge in [0.1, 0.15) is 37.7 Å². The first kappa shape index (κ1) is 28.1. The smallest absolute Gasteiger partial charge is 0.362 e. The van der Waals surface area contributed by atoms with Gasteiger partial charge in [-0.2, -0.15) is 0 Å². The number of carboxylic acids is 2. The predicted molar refractivity (Wildman–Crippen MR) is 126 cm³/mol. The molecular formula is C25H36N2O8+2. The summed E-state index contributed by atoms with van der Waals surface area (Å²) in [5, 5.41) is 58.8. The SMILES string of the molecule is CC[C@H](C(=O)O)[NH+](CC[NH+](Cc1ccc(CO)cc1O)C(C)C(=O)O)Cc1cc(CO)ccc1O. The molecule has 10 nitrogen and oxygen atoms in total. The zero-order valence-corrected chi connectivity index (χ0v) is 20.1. The molecule has 192 valence electrons. The van der Waals surface area contributed by atoms with E-state index in [9.17, 15) is 40.2 Å². The van der Waals surface area contributed by atoms with E-state index in [4.69, 9.17) is 0 Å². The molecule has 0 heterocycles. The Kier molecular flexibility index (Phi) is 10.5. The number of rotatable bonds is 14. The van der Waals surface area contributed by atoms with Gasteiger partial charge in [0, 0.05) is 17.5 Å². The summed E-state index contributed by atoms with van der Waals surface area (Å²) in [5.74, 6) is -2.06. The Morgan fingerprint density at radius 2 is 1.37 bits per heavy atom. The van der Waals surface area contributed by atoms with E-state index in [1.54, 1.807) is 38.1 Å². The maximum Gasteiger partial charge on any atom is 0.362 e. The molecule has 2 aromatic rings. The fourth-order valence-corrected chi connectivity index (χ4v) is 4.20. The van der Waals surface area contributed by atoms with Crippen molar-refractivity contribution < 1.29 is 50.0 Å². The summed E-state index contributed by atoms with van der Waals surface area (Å²) in [6.45, 7) is 3.81. The topological polar surface area (TPSA) is 164 Å². The summed E-state index contributed by atoms with van der Waals surface area (Å²) < 4.78 is 0. The summed E-state index contributed by atoms with van der Waals surface area (Å²) in [6.07, 6.45) is 0.332. The highest BCUT2D eigenvalue weighted by Crippen LogP contribution is 2.19. The number of phenols is 2. The van der Waals surface area contributed by atoms with Crippen molar-refractivity contribution in [3.05, 3.63) is 58.7 Å². The van der Waals surface area contributed by atoms with Crippen molar-refractivity contribution in [1.29, 1.82) is 0 Å². The van der Waals surface area contributed by atoms with Gasteiger partial charge in [-0.1, -0.05) is 19.1 Å². The third kappa shape index (κ3) is 7.66. The van der Waals surface area contributed by atoms with Crippen molar-refractivity contribution in [2.45, 2.75) is 58.7 Å². The quantitative estimate of drug-likeness (QED) is 0.164. The van der Waals surface area contributed by atoms with Crippen molar-refractivity contribution >= 4 is 11.9 Å². The molecule has 0 aliphatic carbocycles. The van der Waals surface area contributed by atoms with Gasteiger partial charge in [-0.3, -0.25) is 0 Å². The van der Waals surface area contributed by atoms with Gasteiger partial charge in [-0.05, 0) is 42.3 Å². The number of nitrogens with one attached hydrogen (secondary N) is 2. The molecule has 0 bridgehead atoms. The minimum absolute atomic E-state index is 0.00283. The van der Waals surface area contributed by atoms with Crippen LogP contribution in [0, 0.1) is 0 Å². The van der Waals surface area contributed by atoms with Crippen LogP contribution in [0.2, 0.25) is 0 Å². The number of carbonyl (C=O) groups is 2. The van der Waals surface area contributed by atoms with Gasteiger partial charge in [-0.25, -0.2) is 9.59 Å². The molecule has 2 rings (SSSR count). The van der Waals surface area contributed by atoms with Gasteiger partial charge in [0.25, 0.3) is 0 Å². The van der Waals surface area contributed by atoms with E-state index >= 15 is 0 Å². The zero-order valence-electron chi connectivity index (χ0n) is 20.1. The van der Waals surface area contributed by atoms with Gasteiger partial charge in [-0.15, -0.1) is 0 Å². The summed E-state index contributed by atoms with van der Waals surface area (Å²) in [5.41, 5.74) is 2.14. The van der Waals surface area contributed by atoms with Crippen molar-refractivity contribution in [2.75, 3.05) is 13.1 Å². The van der Waals surface area contributed by atoms with Crippen LogP contribution in [0.3, 0.4) is 0 Å². The summed E-state index contributed by atoms with van der Waals surface area (Å²) >= 11 is 0. The summed E-state index contributed by atoms with van der Waals surface area (Å²) in [4.78, 5) is 25.0. The van der Waals surface area contributed by atoms with E-state index in [2.05, 4.69) is 0 Å². The fraction of sp³-hybridized carbons (Fsp3) is 0.440. The molecule has 0 aliphatic heterocycles. The normalized spacial score (nSPS) is 14.7. The second-order valence-corrected chi connectivity index (χ2v) is 8.77. The zero-order chi connectivity index (χ0) is 26.1. The third-order valence-corrected chi connectivity index (χ3v) is 6.44. The molecule has 0 aromatic heterocycles. The number of aliphatic carboxylic acids is 2. The lowest BCUT2D eigenvalue weighted by atomic mass is 10.1. The van der Waals surface area contributed by atoms with Crippen molar-refractivity contribution in [2.24, 2.45) is 0 Å². The molecule has 0 amide bonds. The largest absolute Gasteiger partial charge is 0.507 e. The molecule has 10 heteroatoms. The third-order valence-electron chi connectivity index (χ3n) is 6.44. The standard InChI is InChI=1S/C25H34N2O8/c1-3-21(25(34)35)27(13-20-10-17(14-28)5-7-22(20)30)9-8-26(16(2)24(32)33)12-19-6-4-18(15-29)11-23(19)31/h4-7,10-11,16,21,28-31H,3,8-9,12-15H2,1-2H3,(H,32,33)(H,34,35)/p+2/t16?,21-/m1/s1. The number of hydrogen-bond acceptors (Lipinski definition) is 6. The molecule has 3 unspecified atom stereocenters. The molecule has 2 aromatic carbocycles. The average molecular weight is 493 g/mol. The number of quaternary nitrogens is 2. The molecular weight excluding hydrogens is 456 g/mol. The Balaban J connectivity index is 2.31. The minimum Gasteiger partial charge on any atom is -0.507 e. The monoisotopic (exact) mass is 492 g/mol. The summed E-state index contributed by atoms with van der Waals surface area (Å²) in [6, 6.07) is 7.80. The van der Waals surface area contributed by atoms with Gasteiger partial charge >= 0.3 is 11.9 Å². The first-order chi connectivity index (χ1) is 16.6. The van der Waals surface area contributed by atoms with E-state index < -0.39 is 24.0 Å². The van der Waals surface area contributed by atoms with E-state index in [0.717, 1.165) is 0 Å². The van der Waals surface area contributed by atoms with Crippen molar-refractivity contribution in [1.82, 2.24) is 0 Å². The minimum atomic E-state index is -1.02. The van der Waals surface area contributed by atoms with E-state index in [1.165, 1.54) is 12.1 Å². The highest BCUT2D eigenvalue weighted by atomic mass is 16.4. The first-order valence-electron chi connectivity index (χ1n) is 11.6. The van der Waals surface area contributed by atoms with Crippen LogP contribution in [0.1, 0.15) is 42.5 Å². The Bertz CT molecular complexity index is 1010. The van der Waals surface area contributed by atoms with Gasteiger partial charge in [0.15, 0.2) is 12.1 Å². The van der Waals surface area contributed by atoms with Crippen LogP contribution in [0.4, 0.5) is 0 Å². The first-order valence-corrected chi connectivity index (χ1v) is 11.6. The molecule has 0 fully saturated rings. The number of carboxylic acid groups (broad SMARTS) is 2. The van der Waals surface area contributed by atoms with Crippen LogP contribution in [0.5, 0.6) is 11.5 Å². The van der Waals surface area contributed by atoms with Crippen molar-refractivity contribution in [3.63, 3.8) is 0 Å². The lowest BCUT2D eigenvalue weighted by molar-refractivity contribution is -0.985. The predicted octanol–water partition coefficient (Wildman–Crippen LogP) is -1.11. The Labute approximate surface area is 204 Å². The number of aliphatic hydroxyl groups excluding tert-OH is 2. The van der Waals surface area contributed by atoms with Gasteiger partial charge < -0.3 is 40.4 Å². The number of benzene rings is 2. The molecule has 8 N–H and O–H groups in total. The maximum atomic E-state index is 12.0. The second kappa shape index (κ2) is 13.1. The molecule has 0 saturated heterocycles. The molecule has 35 heavy (non-hydrogen) atoms. The van der Waals surface area contributed by atoms with E-state index in [0.29, 0.717) is 38.5 Å². The molecule has 0 saturated carbocycles. The molecule has 4 atom stereocenters. The Morgan fingerprint density at radius 1 is 0.800 bits per heavy atom. The van der Waals surface area contributed by atoms with Gasteiger partial charge in [0.2, 0.25) is 0 Å². The van der Waals surface area contributed by atoms with Crippen molar-refractivity contribution in [3.8, 4) is 11.5 Å². The number of hydrogen-bond donors (Lipinski definition) is 8. The van der Waals surface area contributed by atoms with Crippen LogP contribution in [-0.4, -0.2) is 67.8 Å². The lowest BCUT2D eigenvalue weighted by Crippen LogP contribution is -3.23. The van der Waals surface area contributed by atoms with Crippen LogP contribution in [0.15, 0.2) is 36.4 Å². The Hall–Kier alpha value is -3.18. The maximum absolute atomic E-state index is 12.0. The molecule has 0 aliphatic rings. The van der Waals surface area contributed by atoms with Crippen LogP contribution >= 0.6 is 0 Å². The number of phenolic OH excluding ortho intramolecular Hbond substituents is 2. The van der Waals surface area contributed by atoms with E-state index in [1.807, 2.05) is 0 Å². The highest BCUT2D eigenvalue weighted by Gasteiger charge is 2.32. The highest BCUT2D eigenvalue weighted by molar-refractivity contribution is 5.71. The Morgan fingerprint density at radius 3 is 1.91 bits per heavy atom.